The van der Waals surface area contributed by atoms with Crippen LogP contribution in [0, 0.1) is 18.6 Å². The van der Waals surface area contributed by atoms with Crippen LogP contribution >= 0.6 is 15.9 Å². The standard InChI is InChI=1S/C25H25BrF2N4O5S/c1-15-30-23(37-14-18-7-8-19(27)11-20(18)28)22(26)25(34)32(15)13-16-3-5-17(6-4-16)24(33)31-10-9-29-12-21(31)38(2,35)36/h3-8,11,21,29H,9-10,12-14H2,1-2H3. The number of halogens is 3. The van der Waals surface area contributed by atoms with Gasteiger partial charge in [0.15, 0.2) is 9.84 Å². The van der Waals surface area contributed by atoms with E-state index in [1.165, 1.54) is 15.5 Å². The highest BCUT2D eigenvalue weighted by Crippen LogP contribution is 2.22. The quantitative estimate of drug-likeness (QED) is 0.438. The van der Waals surface area contributed by atoms with Gasteiger partial charge in [0.05, 0.1) is 6.54 Å². The maximum Gasteiger partial charge on any atom is 0.272 e. The molecule has 0 aliphatic carbocycles. The van der Waals surface area contributed by atoms with Gasteiger partial charge >= 0.3 is 0 Å². The second-order valence-corrected chi connectivity index (χ2v) is 11.9. The maximum atomic E-state index is 13.9. The third-order valence-electron chi connectivity index (χ3n) is 6.15. The number of carbonyl (C=O) groups is 1. The average molecular weight is 611 g/mol. The van der Waals surface area contributed by atoms with Gasteiger partial charge in [0.1, 0.15) is 33.9 Å². The number of carbonyl (C=O) groups excluding carboxylic acids is 1. The van der Waals surface area contributed by atoms with E-state index in [0.29, 0.717) is 23.5 Å². The van der Waals surface area contributed by atoms with Gasteiger partial charge in [-0.25, -0.2) is 17.2 Å². The van der Waals surface area contributed by atoms with Crippen molar-refractivity contribution in [3.63, 3.8) is 0 Å². The molecule has 1 fully saturated rings. The minimum atomic E-state index is -3.47. The monoisotopic (exact) mass is 610 g/mol. The van der Waals surface area contributed by atoms with Gasteiger partial charge in [-0.05, 0) is 52.7 Å². The van der Waals surface area contributed by atoms with E-state index in [9.17, 15) is 26.8 Å². The van der Waals surface area contributed by atoms with Gasteiger partial charge in [0.2, 0.25) is 5.88 Å². The van der Waals surface area contributed by atoms with Crippen molar-refractivity contribution in [1.82, 2.24) is 19.8 Å². The lowest BCUT2D eigenvalue weighted by Crippen LogP contribution is -2.56. The number of rotatable bonds is 7. The molecule has 1 atom stereocenters. The van der Waals surface area contributed by atoms with Crippen LogP contribution < -0.4 is 15.6 Å². The van der Waals surface area contributed by atoms with Gasteiger partial charge in [-0.1, -0.05) is 12.1 Å². The first-order valence-corrected chi connectivity index (χ1v) is 14.3. The summed E-state index contributed by atoms with van der Waals surface area (Å²) < 4.78 is 58.3. The summed E-state index contributed by atoms with van der Waals surface area (Å²) in [5, 5.41) is 2.06. The lowest BCUT2D eigenvalue weighted by atomic mass is 10.1. The molecule has 1 unspecified atom stereocenters. The van der Waals surface area contributed by atoms with Crippen LogP contribution in [0.15, 0.2) is 51.7 Å². The molecule has 1 aliphatic rings. The van der Waals surface area contributed by atoms with Crippen molar-refractivity contribution in [2.75, 3.05) is 25.9 Å². The van der Waals surface area contributed by atoms with E-state index >= 15 is 0 Å². The summed E-state index contributed by atoms with van der Waals surface area (Å²) in [5.41, 5.74) is 0.733. The molecule has 1 aliphatic heterocycles. The molecule has 1 N–H and O–H groups in total. The van der Waals surface area contributed by atoms with Gasteiger partial charge in [-0.15, -0.1) is 0 Å². The Hall–Kier alpha value is -3.16. The normalized spacial score (nSPS) is 15.9. The summed E-state index contributed by atoms with van der Waals surface area (Å²) in [6, 6.07) is 9.67. The Labute approximate surface area is 226 Å². The molecule has 4 rings (SSSR count). The molecule has 13 heteroatoms. The fraction of sp³-hybridized carbons (Fsp3) is 0.320. The number of nitrogens with one attached hydrogen (secondary N) is 1. The summed E-state index contributed by atoms with van der Waals surface area (Å²) in [5.74, 6) is -1.54. The first kappa shape index (κ1) is 27.9. The molecular weight excluding hydrogens is 586 g/mol. The largest absolute Gasteiger partial charge is 0.472 e. The number of hydrogen-bond acceptors (Lipinski definition) is 7. The van der Waals surface area contributed by atoms with Gasteiger partial charge < -0.3 is 15.0 Å². The molecule has 1 amide bonds. The molecule has 9 nitrogen and oxygen atoms in total. The molecule has 2 aromatic carbocycles. The van der Waals surface area contributed by atoms with Crippen molar-refractivity contribution in [1.29, 1.82) is 0 Å². The molecule has 0 spiro atoms. The molecule has 0 bridgehead atoms. The summed E-state index contributed by atoms with van der Waals surface area (Å²) >= 11 is 3.20. The molecule has 1 saturated heterocycles. The van der Waals surface area contributed by atoms with E-state index < -0.39 is 32.4 Å². The average Bonchev–Trinajstić information content (AvgIpc) is 2.88. The first-order chi connectivity index (χ1) is 18.0. The zero-order chi connectivity index (χ0) is 27.6. The van der Waals surface area contributed by atoms with Gasteiger partial charge in [0, 0.05) is 43.1 Å². The highest BCUT2D eigenvalue weighted by Gasteiger charge is 2.34. The SMILES string of the molecule is Cc1nc(OCc2ccc(F)cc2F)c(Br)c(=O)n1Cc1ccc(C(=O)N2CCNCC2S(C)(=O)=O)cc1. The third-order valence-corrected chi connectivity index (χ3v) is 8.23. The summed E-state index contributed by atoms with van der Waals surface area (Å²) in [6.07, 6.45) is 1.11. The van der Waals surface area contributed by atoms with Gasteiger partial charge in [0.25, 0.3) is 11.5 Å². The molecule has 3 aromatic rings. The zero-order valence-corrected chi connectivity index (χ0v) is 23.0. The molecular formula is C25H25BrF2N4O5S. The minimum Gasteiger partial charge on any atom is -0.472 e. The molecule has 2 heterocycles. The fourth-order valence-electron chi connectivity index (χ4n) is 4.08. The van der Waals surface area contributed by atoms with E-state index in [1.807, 2.05) is 0 Å². The van der Waals surface area contributed by atoms with Crippen LogP contribution in [0.3, 0.4) is 0 Å². The van der Waals surface area contributed by atoms with E-state index in [0.717, 1.165) is 18.4 Å². The Morgan fingerprint density at radius 2 is 1.92 bits per heavy atom. The molecule has 202 valence electrons. The molecule has 38 heavy (non-hydrogen) atoms. The summed E-state index contributed by atoms with van der Waals surface area (Å²) in [4.78, 5) is 31.7. The van der Waals surface area contributed by atoms with E-state index in [1.54, 1.807) is 31.2 Å². The number of sulfone groups is 1. The number of nitrogens with zero attached hydrogens (tertiary/aromatic N) is 3. The Morgan fingerprint density at radius 3 is 2.58 bits per heavy atom. The maximum absolute atomic E-state index is 13.9. The Kier molecular flexibility index (Phi) is 8.28. The Bertz CT molecular complexity index is 1530. The lowest BCUT2D eigenvalue weighted by molar-refractivity contribution is 0.0704. The number of benzene rings is 2. The minimum absolute atomic E-state index is 0.0233. The number of amides is 1. The van der Waals surface area contributed by atoms with Crippen LogP contribution in [0.4, 0.5) is 8.78 Å². The lowest BCUT2D eigenvalue weighted by Gasteiger charge is -2.34. The highest BCUT2D eigenvalue weighted by atomic mass is 79.9. The Balaban J connectivity index is 1.49. The smallest absolute Gasteiger partial charge is 0.272 e. The predicted molar refractivity (Wildman–Crippen MR) is 140 cm³/mol. The van der Waals surface area contributed by atoms with Crippen molar-refractivity contribution < 1.29 is 26.7 Å². The second-order valence-electron chi connectivity index (χ2n) is 8.88. The van der Waals surface area contributed by atoms with E-state index in [4.69, 9.17) is 4.74 Å². The predicted octanol–water partition coefficient (Wildman–Crippen LogP) is 2.64. The zero-order valence-electron chi connectivity index (χ0n) is 20.6. The van der Waals surface area contributed by atoms with Crippen LogP contribution in [-0.2, 0) is 23.0 Å². The van der Waals surface area contributed by atoms with Crippen LogP contribution in [0.5, 0.6) is 5.88 Å². The number of aromatic nitrogens is 2. The molecule has 0 radical (unpaired) electrons. The highest BCUT2D eigenvalue weighted by molar-refractivity contribution is 9.10. The van der Waals surface area contributed by atoms with Crippen LogP contribution in [0.2, 0.25) is 0 Å². The van der Waals surface area contributed by atoms with Gasteiger partial charge in [-0.3, -0.25) is 14.2 Å². The third kappa shape index (κ3) is 6.11. The van der Waals surface area contributed by atoms with Crippen molar-refractivity contribution in [2.24, 2.45) is 0 Å². The molecule has 1 aromatic heterocycles. The summed E-state index contributed by atoms with van der Waals surface area (Å²) in [7, 11) is -3.47. The Morgan fingerprint density at radius 1 is 1.21 bits per heavy atom. The topological polar surface area (TPSA) is 111 Å². The number of hydrogen-bond donors (Lipinski definition) is 1. The van der Waals surface area contributed by atoms with E-state index in [2.05, 4.69) is 26.2 Å². The van der Waals surface area contributed by atoms with Crippen LogP contribution in [0.1, 0.15) is 27.3 Å². The van der Waals surface area contributed by atoms with Crippen molar-refractivity contribution in [3.8, 4) is 5.88 Å². The van der Waals surface area contributed by atoms with Crippen molar-refractivity contribution in [2.45, 2.75) is 25.4 Å². The number of ether oxygens (including phenoxy) is 1. The summed E-state index contributed by atoms with van der Waals surface area (Å²) in [6.45, 7) is 2.46. The second kappa shape index (κ2) is 11.3. The van der Waals surface area contributed by atoms with Gasteiger partial charge in [-0.2, -0.15) is 4.98 Å². The van der Waals surface area contributed by atoms with Crippen molar-refractivity contribution >= 4 is 31.7 Å². The fourth-order valence-corrected chi connectivity index (χ4v) is 5.58. The first-order valence-electron chi connectivity index (χ1n) is 11.6. The van der Waals surface area contributed by atoms with Crippen molar-refractivity contribution in [3.05, 3.63) is 91.4 Å². The van der Waals surface area contributed by atoms with Crippen LogP contribution in [-0.4, -0.2) is 60.0 Å². The van der Waals surface area contributed by atoms with Crippen LogP contribution in [0.25, 0.3) is 0 Å². The van der Waals surface area contributed by atoms with E-state index in [-0.39, 0.29) is 48.1 Å². The number of aryl methyl sites for hydroxylation is 1. The number of piperazine rings is 1. The molecule has 0 saturated carbocycles.